The molecule has 1 saturated heterocycles. The summed E-state index contributed by atoms with van der Waals surface area (Å²) < 4.78 is 7.61. The number of aliphatic hydroxyl groups is 1. The van der Waals surface area contributed by atoms with Gasteiger partial charge < -0.3 is 14.7 Å². The predicted molar refractivity (Wildman–Crippen MR) is 89.1 cm³/mol. The van der Waals surface area contributed by atoms with Crippen LogP contribution in [-0.4, -0.2) is 57.2 Å². The summed E-state index contributed by atoms with van der Waals surface area (Å²) in [5.74, 6) is 0.762. The van der Waals surface area contributed by atoms with E-state index in [-0.39, 0.29) is 17.6 Å². The van der Waals surface area contributed by atoms with Crippen molar-refractivity contribution < 1.29 is 9.84 Å². The van der Waals surface area contributed by atoms with E-state index in [0.29, 0.717) is 6.61 Å². The summed E-state index contributed by atoms with van der Waals surface area (Å²) in [5.41, 5.74) is 0.867. The van der Waals surface area contributed by atoms with Crippen LogP contribution in [-0.2, 0) is 4.74 Å². The van der Waals surface area contributed by atoms with E-state index in [0.717, 1.165) is 44.0 Å². The Morgan fingerprint density at radius 3 is 2.67 bits per heavy atom. The first-order valence-corrected chi connectivity index (χ1v) is 8.63. The summed E-state index contributed by atoms with van der Waals surface area (Å²) in [4.78, 5) is 2.20. The minimum atomic E-state index is -0.249. The van der Waals surface area contributed by atoms with Crippen molar-refractivity contribution in [1.82, 2.24) is 20.2 Å². The van der Waals surface area contributed by atoms with E-state index in [4.69, 9.17) is 4.74 Å². The van der Waals surface area contributed by atoms with Gasteiger partial charge in [-0.15, -0.1) is 0 Å². The summed E-state index contributed by atoms with van der Waals surface area (Å²) >= 11 is 0. The number of nitrogens with zero attached hydrogens (tertiary/aromatic N) is 5. The van der Waals surface area contributed by atoms with Crippen LogP contribution in [0.5, 0.6) is 0 Å². The smallest absolute Gasteiger partial charge is 0.250 e. The highest BCUT2D eigenvalue weighted by Gasteiger charge is 2.56. The van der Waals surface area contributed by atoms with Gasteiger partial charge in [0.05, 0.1) is 17.9 Å². The van der Waals surface area contributed by atoms with Crippen molar-refractivity contribution in [2.24, 2.45) is 5.41 Å². The van der Waals surface area contributed by atoms with Crippen molar-refractivity contribution in [2.75, 3.05) is 24.6 Å². The summed E-state index contributed by atoms with van der Waals surface area (Å²) in [6, 6.07) is 9.91. The zero-order chi connectivity index (χ0) is 16.6. The van der Waals surface area contributed by atoms with Crippen LogP contribution >= 0.6 is 0 Å². The highest BCUT2D eigenvalue weighted by molar-refractivity contribution is 5.41. The fourth-order valence-electron chi connectivity index (χ4n) is 4.06. The quantitative estimate of drug-likeness (QED) is 0.914. The van der Waals surface area contributed by atoms with Crippen molar-refractivity contribution in [3.8, 4) is 5.69 Å². The van der Waals surface area contributed by atoms with Gasteiger partial charge in [-0.2, -0.15) is 4.68 Å². The monoisotopic (exact) mass is 329 g/mol. The van der Waals surface area contributed by atoms with E-state index < -0.39 is 0 Å². The molecule has 2 heterocycles. The lowest BCUT2D eigenvalue weighted by Crippen LogP contribution is -2.62. The molecule has 1 aliphatic carbocycles. The first-order chi connectivity index (χ1) is 11.7. The lowest BCUT2D eigenvalue weighted by Gasteiger charge is -2.56. The first kappa shape index (κ1) is 15.5. The topological polar surface area (TPSA) is 76.3 Å². The van der Waals surface area contributed by atoms with Crippen LogP contribution in [0.2, 0.25) is 0 Å². The molecule has 1 aromatic carbocycles. The molecule has 128 valence electrons. The van der Waals surface area contributed by atoms with E-state index in [1.165, 1.54) is 0 Å². The second-order valence-corrected chi connectivity index (χ2v) is 6.64. The van der Waals surface area contributed by atoms with Gasteiger partial charge in [-0.05, 0) is 42.3 Å². The number of benzene rings is 1. The van der Waals surface area contributed by atoms with Gasteiger partial charge in [0.15, 0.2) is 0 Å². The second kappa shape index (κ2) is 6.14. The average molecular weight is 329 g/mol. The standard InChI is InChI=1S/C17H23N5O2/c1-2-24-15-12-14(23)17(15)8-10-21(11-9-17)16-18-19-20-22(16)13-6-4-3-5-7-13/h3-7,14-15,23H,2,8-12H2,1H3. The lowest BCUT2D eigenvalue weighted by atomic mass is 9.58. The second-order valence-electron chi connectivity index (χ2n) is 6.64. The van der Waals surface area contributed by atoms with Crippen molar-refractivity contribution in [1.29, 1.82) is 0 Å². The van der Waals surface area contributed by atoms with Crippen LogP contribution in [0.1, 0.15) is 26.2 Å². The molecule has 4 rings (SSSR count). The number of rotatable bonds is 4. The van der Waals surface area contributed by atoms with E-state index in [9.17, 15) is 5.11 Å². The minimum Gasteiger partial charge on any atom is -0.392 e. The summed E-state index contributed by atoms with van der Waals surface area (Å²) in [5, 5.41) is 22.5. The van der Waals surface area contributed by atoms with Crippen LogP contribution in [0.3, 0.4) is 0 Å². The van der Waals surface area contributed by atoms with E-state index in [2.05, 4.69) is 20.4 Å². The van der Waals surface area contributed by atoms with Crippen LogP contribution in [0.4, 0.5) is 5.95 Å². The molecule has 0 bridgehead atoms. The molecular weight excluding hydrogens is 306 g/mol. The van der Waals surface area contributed by atoms with Gasteiger partial charge in [0.1, 0.15) is 0 Å². The van der Waals surface area contributed by atoms with Gasteiger partial charge in [0.2, 0.25) is 5.95 Å². The fourth-order valence-corrected chi connectivity index (χ4v) is 4.06. The molecule has 2 fully saturated rings. The largest absolute Gasteiger partial charge is 0.392 e. The molecule has 0 amide bonds. The van der Waals surface area contributed by atoms with E-state index in [1.807, 2.05) is 37.3 Å². The third-order valence-electron chi connectivity index (χ3n) is 5.54. The van der Waals surface area contributed by atoms with Gasteiger partial charge in [0, 0.05) is 31.5 Å². The van der Waals surface area contributed by atoms with Crippen molar-refractivity contribution in [3.63, 3.8) is 0 Å². The number of para-hydroxylation sites is 1. The minimum absolute atomic E-state index is 0.0858. The Labute approximate surface area is 141 Å². The van der Waals surface area contributed by atoms with Crippen LogP contribution in [0, 0.1) is 5.41 Å². The SMILES string of the molecule is CCOC1CC(O)C12CCN(c1nnnn1-c1ccccc1)CC2. The van der Waals surface area contributed by atoms with Crippen LogP contribution in [0.25, 0.3) is 5.69 Å². The molecule has 7 heteroatoms. The lowest BCUT2D eigenvalue weighted by molar-refractivity contribution is -0.199. The molecule has 1 N–H and O–H groups in total. The summed E-state index contributed by atoms with van der Waals surface area (Å²) in [6.45, 7) is 4.37. The highest BCUT2D eigenvalue weighted by Crippen LogP contribution is 2.51. The van der Waals surface area contributed by atoms with Gasteiger partial charge in [-0.25, -0.2) is 0 Å². The normalized spacial score (nSPS) is 25.7. The number of aliphatic hydroxyl groups excluding tert-OH is 1. The number of aromatic nitrogens is 4. The molecule has 24 heavy (non-hydrogen) atoms. The number of tetrazole rings is 1. The molecule has 2 aliphatic rings. The highest BCUT2D eigenvalue weighted by atomic mass is 16.5. The molecule has 1 aliphatic heterocycles. The van der Waals surface area contributed by atoms with Crippen molar-refractivity contribution >= 4 is 5.95 Å². The van der Waals surface area contributed by atoms with Crippen molar-refractivity contribution in [3.05, 3.63) is 30.3 Å². The van der Waals surface area contributed by atoms with E-state index in [1.54, 1.807) is 4.68 Å². The molecule has 1 saturated carbocycles. The Morgan fingerprint density at radius 1 is 1.25 bits per heavy atom. The molecule has 2 atom stereocenters. The average Bonchev–Trinajstić information content (AvgIpc) is 3.12. The Morgan fingerprint density at radius 2 is 2.00 bits per heavy atom. The van der Waals surface area contributed by atoms with Gasteiger partial charge >= 0.3 is 0 Å². The predicted octanol–water partition coefficient (Wildman–Crippen LogP) is 1.42. The maximum atomic E-state index is 10.3. The molecule has 1 aromatic heterocycles. The first-order valence-electron chi connectivity index (χ1n) is 8.63. The fraction of sp³-hybridized carbons (Fsp3) is 0.588. The van der Waals surface area contributed by atoms with Crippen LogP contribution < -0.4 is 4.90 Å². The van der Waals surface area contributed by atoms with Gasteiger partial charge in [-0.1, -0.05) is 23.3 Å². The molecular formula is C17H23N5O2. The third-order valence-corrected chi connectivity index (χ3v) is 5.54. The van der Waals surface area contributed by atoms with Gasteiger partial charge in [-0.3, -0.25) is 0 Å². The molecule has 1 spiro atoms. The number of piperidine rings is 1. The Bertz CT molecular complexity index is 679. The number of ether oxygens (including phenoxy) is 1. The molecule has 2 aromatic rings. The number of hydrogen-bond donors (Lipinski definition) is 1. The molecule has 7 nitrogen and oxygen atoms in total. The van der Waals surface area contributed by atoms with E-state index >= 15 is 0 Å². The Kier molecular flexibility index (Phi) is 3.97. The van der Waals surface area contributed by atoms with Crippen LogP contribution in [0.15, 0.2) is 30.3 Å². The zero-order valence-corrected chi connectivity index (χ0v) is 13.9. The zero-order valence-electron chi connectivity index (χ0n) is 13.9. The molecule has 0 radical (unpaired) electrons. The van der Waals surface area contributed by atoms with Gasteiger partial charge in [0.25, 0.3) is 0 Å². The maximum absolute atomic E-state index is 10.3. The Hall–Kier alpha value is -1.99. The summed E-state index contributed by atoms with van der Waals surface area (Å²) in [7, 11) is 0. The Balaban J connectivity index is 1.50. The summed E-state index contributed by atoms with van der Waals surface area (Å²) in [6.07, 6.45) is 2.50. The third kappa shape index (κ3) is 2.39. The van der Waals surface area contributed by atoms with Crippen molar-refractivity contribution in [2.45, 2.75) is 38.4 Å². The maximum Gasteiger partial charge on any atom is 0.250 e. The number of hydrogen-bond acceptors (Lipinski definition) is 6. The molecule has 2 unspecified atom stereocenters. The number of anilines is 1.